The fraction of sp³-hybridized carbons (Fsp3) is 0.462. The van der Waals surface area contributed by atoms with Gasteiger partial charge in [0.05, 0.1) is 0 Å². The molecule has 0 bridgehead atoms. The van der Waals surface area contributed by atoms with Crippen LogP contribution in [-0.4, -0.2) is 31.8 Å². The van der Waals surface area contributed by atoms with Gasteiger partial charge in [-0.25, -0.2) is 4.79 Å². The molecule has 1 fully saturated rings. The van der Waals surface area contributed by atoms with Crippen LogP contribution in [0.5, 0.6) is 0 Å². The number of nitrogens with one attached hydrogen (secondary N) is 2. The lowest BCUT2D eigenvalue weighted by molar-refractivity contribution is 0.0856. The van der Waals surface area contributed by atoms with E-state index < -0.39 is 0 Å². The predicted molar refractivity (Wildman–Crippen MR) is 69.0 cm³/mol. The molecule has 0 aliphatic carbocycles. The second-order valence-corrected chi connectivity index (χ2v) is 4.44. The van der Waals surface area contributed by atoms with Gasteiger partial charge in [0.2, 0.25) is 0 Å². The Morgan fingerprint density at radius 2 is 2.17 bits per heavy atom. The van der Waals surface area contributed by atoms with Gasteiger partial charge in [0.15, 0.2) is 0 Å². The molecule has 0 spiro atoms. The van der Waals surface area contributed by atoms with Gasteiger partial charge in [-0.3, -0.25) is 0 Å². The van der Waals surface area contributed by atoms with Gasteiger partial charge in [-0.05, 0) is 12.1 Å². The molecule has 2 unspecified atom stereocenters. The summed E-state index contributed by atoms with van der Waals surface area (Å²) in [5.41, 5.74) is 6.66. The minimum Gasteiger partial charge on any atom is -0.444 e. The van der Waals surface area contributed by atoms with Crippen molar-refractivity contribution in [2.75, 3.05) is 19.6 Å². The molecule has 1 amide bonds. The lowest BCUT2D eigenvalue weighted by Crippen LogP contribution is -2.35. The average Bonchev–Trinajstić information content (AvgIpc) is 2.85. The predicted octanol–water partition coefficient (Wildman–Crippen LogP) is 0.460. The van der Waals surface area contributed by atoms with Crippen LogP contribution in [0.15, 0.2) is 30.3 Å². The van der Waals surface area contributed by atoms with E-state index in [-0.39, 0.29) is 18.1 Å². The number of carbonyl (C=O) groups is 1. The standard InChI is InChI=1S/C13H19N3O2/c14-6-11-8-15-9-12(11)18-13(17)16-7-10-4-2-1-3-5-10/h1-5,11-12,15H,6-9,14H2,(H,16,17). The summed E-state index contributed by atoms with van der Waals surface area (Å²) in [6.45, 7) is 2.50. The summed E-state index contributed by atoms with van der Waals surface area (Å²) in [6, 6.07) is 9.74. The third kappa shape index (κ3) is 3.45. The maximum absolute atomic E-state index is 11.6. The second-order valence-electron chi connectivity index (χ2n) is 4.44. The van der Waals surface area contributed by atoms with Crippen molar-refractivity contribution in [2.24, 2.45) is 11.7 Å². The third-order valence-electron chi connectivity index (χ3n) is 3.12. The summed E-state index contributed by atoms with van der Waals surface area (Å²) in [5.74, 6) is 0.215. The molecule has 18 heavy (non-hydrogen) atoms. The normalized spacial score (nSPS) is 22.7. The van der Waals surface area contributed by atoms with Crippen LogP contribution >= 0.6 is 0 Å². The minimum atomic E-state index is -0.383. The molecule has 2 rings (SSSR count). The van der Waals surface area contributed by atoms with Crippen LogP contribution in [0.1, 0.15) is 5.56 Å². The summed E-state index contributed by atoms with van der Waals surface area (Å²) in [6.07, 6.45) is -0.503. The van der Waals surface area contributed by atoms with E-state index in [2.05, 4.69) is 10.6 Å². The maximum atomic E-state index is 11.6. The monoisotopic (exact) mass is 249 g/mol. The lowest BCUT2D eigenvalue weighted by Gasteiger charge is -2.17. The number of ether oxygens (including phenoxy) is 1. The molecule has 0 radical (unpaired) electrons. The van der Waals surface area contributed by atoms with Crippen LogP contribution in [0.4, 0.5) is 4.79 Å². The molecule has 0 saturated carbocycles. The number of benzene rings is 1. The smallest absolute Gasteiger partial charge is 0.407 e. The molecule has 1 aliphatic heterocycles. The quantitative estimate of drug-likeness (QED) is 0.724. The highest BCUT2D eigenvalue weighted by Crippen LogP contribution is 2.11. The Morgan fingerprint density at radius 3 is 2.89 bits per heavy atom. The Labute approximate surface area is 107 Å². The molecule has 1 heterocycles. The molecule has 5 heteroatoms. The first-order valence-corrected chi connectivity index (χ1v) is 6.19. The lowest BCUT2D eigenvalue weighted by atomic mass is 10.1. The van der Waals surface area contributed by atoms with Gasteiger partial charge >= 0.3 is 6.09 Å². The maximum Gasteiger partial charge on any atom is 0.407 e. The van der Waals surface area contributed by atoms with E-state index >= 15 is 0 Å². The van der Waals surface area contributed by atoms with Crippen molar-refractivity contribution < 1.29 is 9.53 Å². The first-order chi connectivity index (χ1) is 8.79. The van der Waals surface area contributed by atoms with E-state index in [9.17, 15) is 4.79 Å². The molecular formula is C13H19N3O2. The van der Waals surface area contributed by atoms with Crippen molar-refractivity contribution in [3.8, 4) is 0 Å². The Kier molecular flexibility index (Phi) is 4.55. The zero-order chi connectivity index (χ0) is 12.8. The van der Waals surface area contributed by atoms with Crippen molar-refractivity contribution in [1.29, 1.82) is 0 Å². The molecular weight excluding hydrogens is 230 g/mol. The first kappa shape index (κ1) is 12.9. The number of carbonyl (C=O) groups excluding carboxylic acids is 1. The molecule has 1 aromatic carbocycles. The number of alkyl carbamates (subject to hydrolysis) is 1. The van der Waals surface area contributed by atoms with Crippen molar-refractivity contribution in [2.45, 2.75) is 12.6 Å². The summed E-state index contributed by atoms with van der Waals surface area (Å²) < 4.78 is 5.34. The SMILES string of the molecule is NCC1CNCC1OC(=O)NCc1ccccc1. The van der Waals surface area contributed by atoms with Crippen LogP contribution in [0.3, 0.4) is 0 Å². The zero-order valence-electron chi connectivity index (χ0n) is 10.3. The second kappa shape index (κ2) is 6.37. The Morgan fingerprint density at radius 1 is 1.39 bits per heavy atom. The Hall–Kier alpha value is -1.59. The topological polar surface area (TPSA) is 76.4 Å². The van der Waals surface area contributed by atoms with E-state index in [4.69, 9.17) is 10.5 Å². The average molecular weight is 249 g/mol. The molecule has 1 saturated heterocycles. The summed E-state index contributed by atoms with van der Waals surface area (Å²) in [4.78, 5) is 11.6. The van der Waals surface area contributed by atoms with Crippen LogP contribution < -0.4 is 16.4 Å². The van der Waals surface area contributed by atoms with E-state index in [1.54, 1.807) is 0 Å². The van der Waals surface area contributed by atoms with E-state index in [1.807, 2.05) is 30.3 Å². The van der Waals surface area contributed by atoms with Crippen molar-refractivity contribution in [1.82, 2.24) is 10.6 Å². The molecule has 98 valence electrons. The number of nitrogens with two attached hydrogens (primary N) is 1. The fourth-order valence-corrected chi connectivity index (χ4v) is 2.03. The number of amides is 1. The van der Waals surface area contributed by atoms with Gasteiger partial charge < -0.3 is 21.1 Å². The van der Waals surface area contributed by atoms with Crippen LogP contribution in [-0.2, 0) is 11.3 Å². The van der Waals surface area contributed by atoms with Crippen LogP contribution in [0.2, 0.25) is 0 Å². The molecule has 0 aromatic heterocycles. The molecule has 2 atom stereocenters. The van der Waals surface area contributed by atoms with E-state index in [1.165, 1.54) is 0 Å². The van der Waals surface area contributed by atoms with Crippen molar-refractivity contribution in [3.63, 3.8) is 0 Å². The zero-order valence-corrected chi connectivity index (χ0v) is 10.3. The van der Waals surface area contributed by atoms with Gasteiger partial charge in [0.1, 0.15) is 6.10 Å². The molecule has 4 N–H and O–H groups in total. The molecule has 1 aromatic rings. The highest BCUT2D eigenvalue weighted by atomic mass is 16.6. The highest BCUT2D eigenvalue weighted by molar-refractivity contribution is 5.67. The first-order valence-electron chi connectivity index (χ1n) is 6.19. The van der Waals surface area contributed by atoms with Gasteiger partial charge in [0, 0.05) is 25.6 Å². The van der Waals surface area contributed by atoms with Crippen LogP contribution in [0, 0.1) is 5.92 Å². The van der Waals surface area contributed by atoms with Gasteiger partial charge in [0.25, 0.3) is 0 Å². The molecule has 1 aliphatic rings. The van der Waals surface area contributed by atoms with Gasteiger partial charge in [-0.15, -0.1) is 0 Å². The van der Waals surface area contributed by atoms with Crippen molar-refractivity contribution in [3.05, 3.63) is 35.9 Å². The van der Waals surface area contributed by atoms with Gasteiger partial charge in [-0.2, -0.15) is 0 Å². The summed E-state index contributed by atoms with van der Waals surface area (Å²) in [7, 11) is 0. The van der Waals surface area contributed by atoms with Crippen LogP contribution in [0.25, 0.3) is 0 Å². The summed E-state index contributed by atoms with van der Waals surface area (Å²) >= 11 is 0. The molecule has 5 nitrogen and oxygen atoms in total. The van der Waals surface area contributed by atoms with E-state index in [0.717, 1.165) is 12.1 Å². The minimum absolute atomic E-state index is 0.120. The Bertz CT molecular complexity index is 383. The summed E-state index contributed by atoms with van der Waals surface area (Å²) in [5, 5.41) is 5.91. The fourth-order valence-electron chi connectivity index (χ4n) is 2.03. The Balaban J connectivity index is 1.75. The number of rotatable bonds is 4. The number of hydrogen-bond donors (Lipinski definition) is 3. The van der Waals surface area contributed by atoms with E-state index in [0.29, 0.717) is 19.6 Å². The number of hydrogen-bond acceptors (Lipinski definition) is 4. The highest BCUT2D eigenvalue weighted by Gasteiger charge is 2.28. The van der Waals surface area contributed by atoms with Gasteiger partial charge in [-0.1, -0.05) is 30.3 Å². The largest absolute Gasteiger partial charge is 0.444 e. The van der Waals surface area contributed by atoms with Crippen molar-refractivity contribution >= 4 is 6.09 Å². The third-order valence-corrected chi connectivity index (χ3v) is 3.12.